The van der Waals surface area contributed by atoms with E-state index in [1.165, 1.54) is 7.51 Å². The SMILES string of the molecule is CC[C@@H](C)Oc1ccc(C=NN2P=S2C)cc1. The monoisotopic (exact) mass is 268 g/mol. The highest BCUT2D eigenvalue weighted by molar-refractivity contribution is 8.31. The molecule has 1 aliphatic rings. The predicted molar refractivity (Wildman–Crippen MR) is 76.5 cm³/mol. The number of nitrogens with zero attached hydrogens (tertiary/aromatic N) is 2. The molecule has 0 fully saturated rings. The van der Waals surface area contributed by atoms with Crippen molar-refractivity contribution in [1.29, 1.82) is 0 Å². The number of ether oxygens (including phenoxy) is 1. The van der Waals surface area contributed by atoms with Crippen molar-refractivity contribution in [3.8, 4) is 5.75 Å². The van der Waals surface area contributed by atoms with Gasteiger partial charge in [-0.2, -0.15) is 9.29 Å². The van der Waals surface area contributed by atoms with E-state index in [0.717, 1.165) is 17.7 Å². The molecule has 0 radical (unpaired) electrons. The highest BCUT2D eigenvalue weighted by atomic mass is 32.6. The second-order valence-electron chi connectivity index (χ2n) is 3.93. The van der Waals surface area contributed by atoms with Crippen molar-refractivity contribution >= 4 is 24.0 Å². The molecule has 0 spiro atoms. The molecular weight excluding hydrogens is 251 g/mol. The molecule has 0 bridgehead atoms. The number of hydrazone groups is 1. The third-order valence-corrected chi connectivity index (χ3v) is 5.40. The molecule has 1 aromatic carbocycles. The maximum atomic E-state index is 5.72. The van der Waals surface area contributed by atoms with E-state index >= 15 is 0 Å². The normalized spacial score (nSPS) is 21.1. The minimum atomic E-state index is 0.271. The summed E-state index contributed by atoms with van der Waals surface area (Å²) < 4.78 is 7.78. The maximum absolute atomic E-state index is 5.72. The fourth-order valence-corrected chi connectivity index (χ4v) is 3.06. The molecule has 1 aromatic rings. The predicted octanol–water partition coefficient (Wildman–Crippen LogP) is 3.45. The molecule has 0 aliphatic carbocycles. The summed E-state index contributed by atoms with van der Waals surface area (Å²) in [6.07, 6.45) is 5.38. The molecule has 0 amide bonds. The van der Waals surface area contributed by atoms with Gasteiger partial charge in [0.1, 0.15) is 13.3 Å². The van der Waals surface area contributed by atoms with Gasteiger partial charge in [0.15, 0.2) is 0 Å². The summed E-state index contributed by atoms with van der Waals surface area (Å²) in [7, 11) is 1.67. The second kappa shape index (κ2) is 5.65. The van der Waals surface area contributed by atoms with E-state index in [-0.39, 0.29) is 6.10 Å². The molecule has 2 atom stereocenters. The van der Waals surface area contributed by atoms with Gasteiger partial charge >= 0.3 is 0 Å². The maximum Gasteiger partial charge on any atom is 0.119 e. The van der Waals surface area contributed by atoms with Crippen LogP contribution in [0.3, 0.4) is 0 Å². The third kappa shape index (κ3) is 3.83. The zero-order valence-corrected chi connectivity index (χ0v) is 12.0. The first-order chi connectivity index (χ1) is 8.19. The molecule has 1 heterocycles. The molecule has 17 heavy (non-hydrogen) atoms. The van der Waals surface area contributed by atoms with Crippen molar-refractivity contribution in [2.24, 2.45) is 5.10 Å². The van der Waals surface area contributed by atoms with Crippen LogP contribution in [-0.4, -0.2) is 22.8 Å². The molecule has 92 valence electrons. The summed E-state index contributed by atoms with van der Waals surface area (Å²) >= 11 is 0. The van der Waals surface area contributed by atoms with Crippen LogP contribution >= 0.6 is 7.51 Å². The standard InChI is InChI=1S/C12H17N2OPS/c1-4-10(2)15-12-7-5-11(6-8-12)9-13-14-16-17(14)3/h5-10H,4H2,1-3H3/t10-,14?,17?/m1/s1. The highest BCUT2D eigenvalue weighted by Crippen LogP contribution is 2.32. The topological polar surface area (TPSA) is 24.6 Å². The van der Waals surface area contributed by atoms with Crippen molar-refractivity contribution in [3.63, 3.8) is 0 Å². The Morgan fingerprint density at radius 1 is 1.47 bits per heavy atom. The van der Waals surface area contributed by atoms with Crippen LogP contribution in [0, 0.1) is 0 Å². The van der Waals surface area contributed by atoms with Crippen LogP contribution in [0.25, 0.3) is 0 Å². The zero-order valence-electron chi connectivity index (χ0n) is 10.3. The Morgan fingerprint density at radius 3 is 2.65 bits per heavy atom. The van der Waals surface area contributed by atoms with E-state index in [1.54, 1.807) is 0 Å². The van der Waals surface area contributed by atoms with Crippen molar-refractivity contribution in [2.45, 2.75) is 26.4 Å². The molecule has 0 N–H and O–H groups in total. The number of benzene rings is 1. The lowest BCUT2D eigenvalue weighted by Gasteiger charge is -2.12. The summed E-state index contributed by atoms with van der Waals surface area (Å²) in [5.74, 6) is 0.927. The van der Waals surface area contributed by atoms with Gasteiger partial charge in [-0.15, -0.1) is 0 Å². The van der Waals surface area contributed by atoms with E-state index in [2.05, 4.69) is 29.4 Å². The summed E-state index contributed by atoms with van der Waals surface area (Å²) in [5, 5.41) is 4.36. The van der Waals surface area contributed by atoms with Crippen LogP contribution < -0.4 is 4.74 Å². The smallest absolute Gasteiger partial charge is 0.119 e. The van der Waals surface area contributed by atoms with Gasteiger partial charge in [-0.3, -0.25) is 0 Å². The molecule has 0 saturated heterocycles. The van der Waals surface area contributed by atoms with Crippen LogP contribution in [-0.2, 0) is 10.3 Å². The Balaban J connectivity index is 1.91. The third-order valence-electron chi connectivity index (χ3n) is 2.50. The van der Waals surface area contributed by atoms with E-state index < -0.39 is 0 Å². The van der Waals surface area contributed by atoms with Gasteiger partial charge in [0.05, 0.1) is 12.3 Å². The number of rotatable bonds is 5. The van der Waals surface area contributed by atoms with Gasteiger partial charge < -0.3 is 4.74 Å². The Kier molecular flexibility index (Phi) is 4.19. The number of hydrogen-bond donors (Lipinski definition) is 0. The lowest BCUT2D eigenvalue weighted by molar-refractivity contribution is 0.217. The van der Waals surface area contributed by atoms with Crippen molar-refractivity contribution in [3.05, 3.63) is 29.8 Å². The van der Waals surface area contributed by atoms with Crippen molar-refractivity contribution in [1.82, 2.24) is 4.18 Å². The van der Waals surface area contributed by atoms with Gasteiger partial charge in [-0.25, -0.2) is 0 Å². The van der Waals surface area contributed by atoms with Crippen LogP contribution in [0.1, 0.15) is 25.8 Å². The fourth-order valence-electron chi connectivity index (χ4n) is 1.24. The Hall–Kier alpha value is -0.860. The second-order valence-corrected chi connectivity index (χ2v) is 8.06. The molecule has 2 rings (SSSR count). The van der Waals surface area contributed by atoms with Crippen LogP contribution in [0.15, 0.2) is 29.4 Å². The molecule has 5 heteroatoms. The van der Waals surface area contributed by atoms with Crippen LogP contribution in [0.5, 0.6) is 5.75 Å². The Morgan fingerprint density at radius 2 is 2.12 bits per heavy atom. The zero-order chi connectivity index (χ0) is 12.3. The van der Waals surface area contributed by atoms with Crippen molar-refractivity contribution in [2.75, 3.05) is 6.26 Å². The Bertz CT molecular complexity index is 444. The minimum absolute atomic E-state index is 0.271. The molecule has 1 aliphatic heterocycles. The first-order valence-corrected chi connectivity index (χ1v) is 8.72. The molecule has 0 aromatic heterocycles. The van der Waals surface area contributed by atoms with Gasteiger partial charge in [-0.1, -0.05) is 6.92 Å². The fraction of sp³-hybridized carbons (Fsp3) is 0.417. The average Bonchev–Trinajstić information content (AvgIpc) is 3.04. The highest BCUT2D eigenvalue weighted by Gasteiger charge is 2.13. The van der Waals surface area contributed by atoms with Gasteiger partial charge in [-0.05, 0) is 53.4 Å². The van der Waals surface area contributed by atoms with E-state index in [4.69, 9.17) is 4.74 Å². The van der Waals surface area contributed by atoms with Gasteiger partial charge in [0.25, 0.3) is 0 Å². The van der Waals surface area contributed by atoms with E-state index in [0.29, 0.717) is 10.3 Å². The summed E-state index contributed by atoms with van der Waals surface area (Å²) in [6.45, 7) is 4.20. The Labute approximate surface area is 106 Å². The summed E-state index contributed by atoms with van der Waals surface area (Å²) in [4.78, 5) is 0. The van der Waals surface area contributed by atoms with E-state index in [9.17, 15) is 0 Å². The average molecular weight is 268 g/mol. The lowest BCUT2D eigenvalue weighted by Crippen LogP contribution is -2.09. The quantitative estimate of drug-likeness (QED) is 0.603. The van der Waals surface area contributed by atoms with Crippen LogP contribution in [0.2, 0.25) is 0 Å². The van der Waals surface area contributed by atoms with Gasteiger partial charge in [0, 0.05) is 6.26 Å². The molecule has 0 saturated carbocycles. The van der Waals surface area contributed by atoms with Gasteiger partial charge in [0.2, 0.25) is 0 Å². The van der Waals surface area contributed by atoms with E-state index in [1.807, 2.05) is 30.5 Å². The first-order valence-electron chi connectivity index (χ1n) is 5.67. The largest absolute Gasteiger partial charge is 0.491 e. The van der Waals surface area contributed by atoms with Crippen molar-refractivity contribution < 1.29 is 4.74 Å². The molecular formula is C12H17N2OPS. The minimum Gasteiger partial charge on any atom is -0.491 e. The molecule has 1 unspecified atom stereocenters. The van der Waals surface area contributed by atoms with Crippen LogP contribution in [0.4, 0.5) is 0 Å². The number of hydrogen-bond acceptors (Lipinski definition) is 3. The molecule has 3 nitrogen and oxygen atoms in total. The lowest BCUT2D eigenvalue weighted by atomic mass is 10.2. The summed E-state index contributed by atoms with van der Waals surface area (Å²) in [5.41, 5.74) is 1.11. The first kappa shape index (κ1) is 12.6. The summed E-state index contributed by atoms with van der Waals surface area (Å²) in [6, 6.07) is 8.07.